The number of hydrogen-bond acceptors (Lipinski definition) is 0. The van der Waals surface area contributed by atoms with E-state index in [4.69, 9.17) is 22.2 Å². The summed E-state index contributed by atoms with van der Waals surface area (Å²) in [5.41, 5.74) is 0. The fourth-order valence-electron chi connectivity index (χ4n) is 1.81. The van der Waals surface area contributed by atoms with Crippen molar-refractivity contribution in [3.05, 3.63) is 12.2 Å². The van der Waals surface area contributed by atoms with Crippen molar-refractivity contribution < 1.29 is 0 Å². The molecular weight excluding hydrogens is 207 g/mol. The van der Waals surface area contributed by atoms with Crippen LogP contribution in [0.1, 0.15) is 26.2 Å². The van der Waals surface area contributed by atoms with Crippen molar-refractivity contribution in [1.29, 1.82) is 0 Å². The third-order valence-corrected chi connectivity index (χ3v) is 4.83. The van der Waals surface area contributed by atoms with Crippen LogP contribution in [0.2, 0.25) is 6.04 Å². The fraction of sp³-hybridized carbons (Fsp3) is 0.778. The van der Waals surface area contributed by atoms with E-state index in [9.17, 15) is 0 Å². The van der Waals surface area contributed by atoms with Crippen molar-refractivity contribution in [3.63, 3.8) is 0 Å². The third-order valence-electron chi connectivity index (χ3n) is 2.66. The maximum atomic E-state index is 5.88. The Morgan fingerprint density at radius 2 is 2.25 bits per heavy atom. The SMILES string of the molecule is CC(C[SiH](Cl)Cl)C1CC=CCC1. The van der Waals surface area contributed by atoms with Gasteiger partial charge in [-0.05, 0) is 37.1 Å². The molecule has 0 heterocycles. The van der Waals surface area contributed by atoms with E-state index in [1.807, 2.05) is 0 Å². The maximum absolute atomic E-state index is 5.88. The van der Waals surface area contributed by atoms with Gasteiger partial charge < -0.3 is 0 Å². The lowest BCUT2D eigenvalue weighted by Crippen LogP contribution is -2.15. The van der Waals surface area contributed by atoms with Crippen molar-refractivity contribution in [2.24, 2.45) is 11.8 Å². The first-order valence-corrected chi connectivity index (χ1v) is 8.94. The predicted molar refractivity (Wildman–Crippen MR) is 59.3 cm³/mol. The van der Waals surface area contributed by atoms with Gasteiger partial charge in [-0.15, -0.1) is 0 Å². The van der Waals surface area contributed by atoms with E-state index in [1.165, 1.54) is 19.3 Å². The van der Waals surface area contributed by atoms with Crippen LogP contribution in [0, 0.1) is 11.8 Å². The zero-order valence-electron chi connectivity index (χ0n) is 7.47. The summed E-state index contributed by atoms with van der Waals surface area (Å²) in [6.07, 6.45) is 8.37. The Balaban J connectivity index is 2.31. The Bertz CT molecular complexity index is 157. The molecule has 12 heavy (non-hydrogen) atoms. The minimum atomic E-state index is -1.38. The molecule has 0 saturated carbocycles. The van der Waals surface area contributed by atoms with Crippen LogP contribution in [-0.2, 0) is 0 Å². The second kappa shape index (κ2) is 5.31. The highest BCUT2D eigenvalue weighted by Gasteiger charge is 2.20. The van der Waals surface area contributed by atoms with Crippen LogP contribution < -0.4 is 0 Å². The van der Waals surface area contributed by atoms with Gasteiger partial charge in [0.25, 0.3) is 0 Å². The molecule has 0 aromatic heterocycles. The van der Waals surface area contributed by atoms with Gasteiger partial charge in [-0.3, -0.25) is 0 Å². The van der Waals surface area contributed by atoms with Crippen molar-refractivity contribution in [1.82, 2.24) is 0 Å². The van der Waals surface area contributed by atoms with Crippen molar-refractivity contribution in [3.8, 4) is 0 Å². The van der Waals surface area contributed by atoms with Gasteiger partial charge >= 0.3 is 0 Å². The molecule has 1 rings (SSSR count). The highest BCUT2D eigenvalue weighted by Crippen LogP contribution is 2.30. The van der Waals surface area contributed by atoms with E-state index < -0.39 is 7.42 Å². The van der Waals surface area contributed by atoms with Gasteiger partial charge in [-0.25, -0.2) is 0 Å². The average Bonchev–Trinajstić information content (AvgIpc) is 2.05. The van der Waals surface area contributed by atoms with Crippen molar-refractivity contribution in [2.45, 2.75) is 32.2 Å². The number of halogens is 2. The summed E-state index contributed by atoms with van der Waals surface area (Å²) in [6, 6.07) is 1.07. The molecule has 0 amide bonds. The van der Waals surface area contributed by atoms with Gasteiger partial charge in [-0.1, -0.05) is 19.1 Å². The molecule has 0 N–H and O–H groups in total. The predicted octanol–water partition coefficient (Wildman–Crippen LogP) is 3.68. The van der Waals surface area contributed by atoms with Crippen LogP contribution in [0.25, 0.3) is 0 Å². The largest absolute Gasteiger partial charge is 0.237 e. The molecule has 2 atom stereocenters. The Hall–Kier alpha value is 0.537. The molecule has 0 aromatic rings. The van der Waals surface area contributed by atoms with E-state index >= 15 is 0 Å². The van der Waals surface area contributed by atoms with Crippen molar-refractivity contribution in [2.75, 3.05) is 0 Å². The van der Waals surface area contributed by atoms with Gasteiger partial charge in [0, 0.05) is 0 Å². The van der Waals surface area contributed by atoms with E-state index in [2.05, 4.69) is 19.1 Å². The summed E-state index contributed by atoms with van der Waals surface area (Å²) in [6.45, 7) is 2.29. The monoisotopic (exact) mass is 222 g/mol. The van der Waals surface area contributed by atoms with Gasteiger partial charge in [-0.2, -0.15) is 22.2 Å². The summed E-state index contributed by atoms with van der Waals surface area (Å²) in [7, 11) is -1.38. The molecule has 1 aliphatic carbocycles. The molecule has 0 spiro atoms. The lowest BCUT2D eigenvalue weighted by atomic mass is 9.85. The maximum Gasteiger partial charge on any atom is 0.237 e. The summed E-state index contributed by atoms with van der Waals surface area (Å²) >= 11 is 11.8. The molecule has 3 heteroatoms. The molecule has 0 nitrogen and oxygen atoms in total. The standard InChI is InChI=1S/C9H16Cl2Si/c1-8(7-12(10)11)9-5-3-2-4-6-9/h2-3,8-9,12H,4-7H2,1H3. The highest BCUT2D eigenvalue weighted by atomic mass is 35.7. The van der Waals surface area contributed by atoms with E-state index in [0.29, 0.717) is 0 Å². The minimum absolute atomic E-state index is 0.724. The molecule has 0 aliphatic heterocycles. The second-order valence-corrected chi connectivity index (χ2v) is 8.73. The van der Waals surface area contributed by atoms with E-state index in [1.54, 1.807) is 0 Å². The zero-order chi connectivity index (χ0) is 8.97. The lowest BCUT2D eigenvalue weighted by molar-refractivity contribution is 0.355. The Labute approximate surface area is 86.0 Å². The van der Waals surface area contributed by atoms with E-state index in [0.717, 1.165) is 17.9 Å². The second-order valence-electron chi connectivity index (χ2n) is 3.65. The normalized spacial score (nSPS) is 26.2. The quantitative estimate of drug-likeness (QED) is 0.389. The minimum Gasteiger partial charge on any atom is -0.150 e. The first-order chi connectivity index (χ1) is 5.70. The van der Waals surface area contributed by atoms with Crippen molar-refractivity contribution >= 4 is 29.6 Å². The summed E-state index contributed by atoms with van der Waals surface area (Å²) in [5, 5.41) is 0. The van der Waals surface area contributed by atoms with Gasteiger partial charge in [0.15, 0.2) is 0 Å². The summed E-state index contributed by atoms with van der Waals surface area (Å²) in [4.78, 5) is 0. The van der Waals surface area contributed by atoms with Crippen LogP contribution in [0.15, 0.2) is 12.2 Å². The number of hydrogen-bond donors (Lipinski definition) is 0. The lowest BCUT2D eigenvalue weighted by Gasteiger charge is -2.24. The Morgan fingerprint density at radius 3 is 2.75 bits per heavy atom. The molecule has 0 aromatic carbocycles. The van der Waals surface area contributed by atoms with Gasteiger partial charge in [0.1, 0.15) is 0 Å². The molecule has 70 valence electrons. The highest BCUT2D eigenvalue weighted by molar-refractivity contribution is 7.33. The van der Waals surface area contributed by atoms with Gasteiger partial charge in [0.2, 0.25) is 7.42 Å². The summed E-state index contributed by atoms with van der Waals surface area (Å²) < 4.78 is 0. The smallest absolute Gasteiger partial charge is 0.150 e. The molecule has 0 radical (unpaired) electrons. The third kappa shape index (κ3) is 3.50. The van der Waals surface area contributed by atoms with E-state index in [-0.39, 0.29) is 0 Å². The van der Waals surface area contributed by atoms with Crippen LogP contribution in [0.4, 0.5) is 0 Å². The molecule has 1 aliphatic rings. The van der Waals surface area contributed by atoms with Gasteiger partial charge in [0.05, 0.1) is 0 Å². The Morgan fingerprint density at radius 1 is 1.50 bits per heavy atom. The average molecular weight is 223 g/mol. The Kier molecular flexibility index (Phi) is 4.69. The number of allylic oxidation sites excluding steroid dienone is 2. The first-order valence-electron chi connectivity index (χ1n) is 4.63. The van der Waals surface area contributed by atoms with Crippen LogP contribution in [-0.4, -0.2) is 7.42 Å². The number of rotatable bonds is 3. The van der Waals surface area contributed by atoms with Crippen LogP contribution in [0.3, 0.4) is 0 Å². The topological polar surface area (TPSA) is 0 Å². The van der Waals surface area contributed by atoms with Crippen LogP contribution >= 0.6 is 22.2 Å². The molecule has 0 fully saturated rings. The summed E-state index contributed by atoms with van der Waals surface area (Å²) in [5.74, 6) is 1.56. The molecule has 2 unspecified atom stereocenters. The molecular formula is C9H16Cl2Si. The molecule has 0 bridgehead atoms. The fourth-order valence-corrected chi connectivity index (χ4v) is 4.44. The van der Waals surface area contributed by atoms with Crippen LogP contribution in [0.5, 0.6) is 0 Å². The zero-order valence-corrected chi connectivity index (χ0v) is 10.1. The molecule has 0 saturated heterocycles. The first kappa shape index (κ1) is 10.6.